The summed E-state index contributed by atoms with van der Waals surface area (Å²) in [5, 5.41) is 10.9. The van der Waals surface area contributed by atoms with E-state index < -0.39 is 0 Å². The third-order valence-electron chi connectivity index (χ3n) is 4.64. The van der Waals surface area contributed by atoms with Gasteiger partial charge in [-0.2, -0.15) is 0 Å². The van der Waals surface area contributed by atoms with Gasteiger partial charge in [0.2, 0.25) is 0 Å². The second-order valence-corrected chi connectivity index (χ2v) is 7.28. The van der Waals surface area contributed by atoms with E-state index in [2.05, 4.69) is 93.9 Å². The van der Waals surface area contributed by atoms with Gasteiger partial charge < -0.3 is 49.9 Å². The van der Waals surface area contributed by atoms with Crippen molar-refractivity contribution in [2.75, 3.05) is 23.7 Å². The molecule has 0 spiro atoms. The molecule has 0 saturated carbocycles. The maximum Gasteiger partial charge on any atom is 2.00 e. The van der Waals surface area contributed by atoms with Crippen LogP contribution in [0.2, 0.25) is 0 Å². The zero-order chi connectivity index (χ0) is 18.4. The van der Waals surface area contributed by atoms with Crippen LogP contribution in [0.25, 0.3) is 0 Å². The molecule has 3 nitrogen and oxygen atoms in total. The molecule has 159 valence electrons. The van der Waals surface area contributed by atoms with E-state index in [-0.39, 0.29) is 50.7 Å². The Balaban J connectivity index is 0. The number of nitrogens with one attached hydrogen (secondary N) is 3. The first-order chi connectivity index (χ1) is 11.9. The summed E-state index contributed by atoms with van der Waals surface area (Å²) in [5.74, 6) is 0. The molecule has 6 heteroatoms. The molecule has 3 N–H and O–H groups in total. The fourth-order valence-electron chi connectivity index (χ4n) is 3.20. The Labute approximate surface area is 202 Å². The van der Waals surface area contributed by atoms with E-state index in [1.165, 1.54) is 33.6 Å². The van der Waals surface area contributed by atoms with Crippen molar-refractivity contribution in [2.45, 2.75) is 53.6 Å². The quantitative estimate of drug-likeness (QED) is 0.382. The van der Waals surface area contributed by atoms with E-state index in [1.807, 2.05) is 0 Å². The van der Waals surface area contributed by atoms with Crippen LogP contribution < -0.4 is 49.9 Å². The normalized spacial score (nSPS) is 11.9. The minimum absolute atomic E-state index is 0. The maximum absolute atomic E-state index is 3.64. The van der Waals surface area contributed by atoms with Gasteiger partial charge >= 0.3 is 16.8 Å². The van der Waals surface area contributed by atoms with Crippen molar-refractivity contribution in [1.29, 1.82) is 0 Å². The van der Waals surface area contributed by atoms with Gasteiger partial charge in [-0.05, 0) is 63.8 Å². The molecule has 0 aliphatic carbocycles. The Morgan fingerprint density at radius 1 is 0.643 bits per heavy atom. The monoisotopic (exact) mass is 556 g/mol. The van der Waals surface area contributed by atoms with Crippen molar-refractivity contribution >= 4 is 11.4 Å². The van der Waals surface area contributed by atoms with Gasteiger partial charge in [-0.15, -0.1) is 0 Å². The Bertz CT molecular complexity index is 610. The minimum atomic E-state index is 0. The smallest absolute Gasteiger partial charge is 1.00 e. The first kappa shape index (κ1) is 29.7. The van der Waals surface area contributed by atoms with Gasteiger partial charge in [0.1, 0.15) is 0 Å². The van der Waals surface area contributed by atoms with E-state index in [9.17, 15) is 0 Å². The molecular weight excluding hydrogens is 525 g/mol. The average molecular weight is 558 g/mol. The van der Waals surface area contributed by atoms with Crippen LogP contribution in [0, 0.1) is 27.7 Å². The van der Waals surface area contributed by atoms with Gasteiger partial charge in [-0.3, -0.25) is 0 Å². The molecule has 0 aliphatic heterocycles. The molecular formula is C22H33Br2CoN3. The van der Waals surface area contributed by atoms with Crippen LogP contribution in [0.4, 0.5) is 11.4 Å². The van der Waals surface area contributed by atoms with Gasteiger partial charge in [0.25, 0.3) is 0 Å². The summed E-state index contributed by atoms with van der Waals surface area (Å²) in [5.41, 5.74) is 7.74. The van der Waals surface area contributed by atoms with Gasteiger partial charge in [-0.1, -0.05) is 36.4 Å². The number of halogens is 2. The summed E-state index contributed by atoms with van der Waals surface area (Å²) < 4.78 is 0. The number of benzene rings is 2. The summed E-state index contributed by atoms with van der Waals surface area (Å²) in [6.45, 7) is 15.0. The van der Waals surface area contributed by atoms with E-state index in [0.29, 0.717) is 12.1 Å². The van der Waals surface area contributed by atoms with Crippen LogP contribution >= 0.6 is 0 Å². The van der Waals surface area contributed by atoms with Crippen molar-refractivity contribution in [3.8, 4) is 0 Å². The Morgan fingerprint density at radius 3 is 1.21 bits per heavy atom. The average Bonchev–Trinajstić information content (AvgIpc) is 2.55. The second-order valence-electron chi connectivity index (χ2n) is 7.28. The maximum atomic E-state index is 3.64. The molecule has 2 atom stereocenters. The van der Waals surface area contributed by atoms with Gasteiger partial charge in [-0.25, -0.2) is 0 Å². The molecule has 2 unspecified atom stereocenters. The number of hydrogen-bond donors (Lipinski definition) is 3. The molecule has 0 bridgehead atoms. The SMILES string of the molecule is Cc1cccc(C)c1NC(C)CNCC(C)Nc1c(C)cccc1C.[Br-].[Br-].[Co+2]. The molecule has 1 radical (unpaired) electrons. The predicted molar refractivity (Wildman–Crippen MR) is 111 cm³/mol. The summed E-state index contributed by atoms with van der Waals surface area (Å²) in [6, 6.07) is 13.6. The topological polar surface area (TPSA) is 36.1 Å². The molecule has 0 aliphatic rings. The Hall–Kier alpha value is -0.534. The van der Waals surface area contributed by atoms with E-state index in [1.54, 1.807) is 0 Å². The van der Waals surface area contributed by atoms with E-state index in [0.717, 1.165) is 13.1 Å². The molecule has 28 heavy (non-hydrogen) atoms. The number of aryl methyl sites for hydroxylation is 4. The largest absolute Gasteiger partial charge is 2.00 e. The molecule has 0 amide bonds. The predicted octanol–water partition coefficient (Wildman–Crippen LogP) is -1.18. The van der Waals surface area contributed by atoms with Gasteiger partial charge in [0.05, 0.1) is 0 Å². The van der Waals surface area contributed by atoms with Crippen LogP contribution in [0.3, 0.4) is 0 Å². The molecule has 0 aromatic heterocycles. The molecule has 0 fully saturated rings. The van der Waals surface area contributed by atoms with E-state index in [4.69, 9.17) is 0 Å². The van der Waals surface area contributed by atoms with Gasteiger partial charge in [0.15, 0.2) is 0 Å². The third-order valence-corrected chi connectivity index (χ3v) is 4.64. The minimum Gasteiger partial charge on any atom is -1.00 e. The molecule has 2 aromatic carbocycles. The first-order valence-corrected chi connectivity index (χ1v) is 9.24. The summed E-state index contributed by atoms with van der Waals surface area (Å²) in [6.07, 6.45) is 0. The van der Waals surface area contributed by atoms with Crippen LogP contribution in [-0.2, 0) is 16.8 Å². The summed E-state index contributed by atoms with van der Waals surface area (Å²) in [4.78, 5) is 0. The van der Waals surface area contributed by atoms with Crippen molar-refractivity contribution in [1.82, 2.24) is 5.32 Å². The molecule has 2 aromatic rings. The van der Waals surface area contributed by atoms with Crippen LogP contribution in [-0.4, -0.2) is 25.2 Å². The summed E-state index contributed by atoms with van der Waals surface area (Å²) >= 11 is 0. The van der Waals surface area contributed by atoms with Gasteiger partial charge in [0, 0.05) is 36.5 Å². The van der Waals surface area contributed by atoms with Crippen LogP contribution in [0.5, 0.6) is 0 Å². The van der Waals surface area contributed by atoms with Crippen LogP contribution in [0.1, 0.15) is 36.1 Å². The Kier molecular flexibility index (Phi) is 15.3. The third kappa shape index (κ3) is 8.87. The number of rotatable bonds is 8. The summed E-state index contributed by atoms with van der Waals surface area (Å²) in [7, 11) is 0. The van der Waals surface area contributed by atoms with Crippen molar-refractivity contribution in [3.05, 3.63) is 58.7 Å². The van der Waals surface area contributed by atoms with Crippen molar-refractivity contribution in [2.24, 2.45) is 0 Å². The van der Waals surface area contributed by atoms with Crippen molar-refractivity contribution in [3.63, 3.8) is 0 Å². The zero-order valence-electron chi connectivity index (χ0n) is 17.6. The standard InChI is InChI=1S/C22H33N3.2BrH.Co/c1-15-9-7-10-16(2)21(15)24-19(5)13-23-14-20(6)25-22-17(3)11-8-12-18(22)4;;;/h7-12,19-20,23-25H,13-14H2,1-6H3;2*1H;/q;;;+2/p-2. The van der Waals surface area contributed by atoms with Crippen molar-refractivity contribution < 1.29 is 50.7 Å². The molecule has 0 saturated heterocycles. The van der Waals surface area contributed by atoms with Crippen LogP contribution in [0.15, 0.2) is 36.4 Å². The Morgan fingerprint density at radius 2 is 0.929 bits per heavy atom. The number of para-hydroxylation sites is 2. The number of hydrogen-bond acceptors (Lipinski definition) is 3. The fourth-order valence-corrected chi connectivity index (χ4v) is 3.20. The van der Waals surface area contributed by atoms with E-state index >= 15 is 0 Å². The molecule has 2 rings (SSSR count). The fraction of sp³-hybridized carbons (Fsp3) is 0.455. The zero-order valence-corrected chi connectivity index (χ0v) is 21.8. The first-order valence-electron chi connectivity index (χ1n) is 9.24. The number of anilines is 2. The molecule has 0 heterocycles. The second kappa shape index (κ2) is 14.4.